The van der Waals surface area contributed by atoms with Crippen LogP contribution < -0.4 is 0 Å². The van der Waals surface area contributed by atoms with Crippen molar-refractivity contribution in [1.82, 2.24) is 0 Å². The van der Waals surface area contributed by atoms with E-state index >= 15 is 0 Å². The second-order valence-electron chi connectivity index (χ2n) is 5.71. The fourth-order valence-corrected chi connectivity index (χ4v) is 4.91. The van der Waals surface area contributed by atoms with Crippen LogP contribution in [0.5, 0.6) is 0 Å². The highest BCUT2D eigenvalue weighted by Crippen LogP contribution is 2.47. The van der Waals surface area contributed by atoms with Gasteiger partial charge in [0.15, 0.2) is 9.84 Å². The van der Waals surface area contributed by atoms with Crippen LogP contribution in [0, 0.1) is 5.41 Å². The molecule has 6 nitrogen and oxygen atoms in total. The van der Waals surface area contributed by atoms with Crippen molar-refractivity contribution in [3.05, 3.63) is 0 Å². The van der Waals surface area contributed by atoms with Gasteiger partial charge >= 0.3 is 0 Å². The molecular formula is C10H18O6S2. The zero-order valence-corrected chi connectivity index (χ0v) is 12.1. The Labute approximate surface area is 108 Å². The molecule has 2 aliphatic rings. The number of sulfone groups is 1. The zero-order valence-electron chi connectivity index (χ0n) is 10.5. The summed E-state index contributed by atoms with van der Waals surface area (Å²) in [5.74, 6) is 0.0348. The summed E-state index contributed by atoms with van der Waals surface area (Å²) in [5.41, 5.74) is -0.334. The maximum atomic E-state index is 12.3. The molecule has 1 heterocycles. The Morgan fingerprint density at radius 3 is 2.06 bits per heavy atom. The molecule has 0 aromatic heterocycles. The van der Waals surface area contributed by atoms with E-state index < -0.39 is 24.7 Å². The number of hydrogen-bond acceptors (Lipinski definition) is 6. The van der Waals surface area contributed by atoms with E-state index in [2.05, 4.69) is 4.18 Å². The Kier molecular flexibility index (Phi) is 3.29. The molecule has 1 aliphatic carbocycles. The summed E-state index contributed by atoms with van der Waals surface area (Å²) < 4.78 is 55.2. The third-order valence-corrected chi connectivity index (χ3v) is 6.91. The summed E-state index contributed by atoms with van der Waals surface area (Å²) in [5, 5.41) is 0. The standard InChI is InChI=1S/C10H18O6S2/c1-9(5-15-6-9)8-18(13,14)10(3-4-10)7-16-17(2,11)12/h3-8H2,1-2H3. The fraction of sp³-hybridized carbons (Fsp3) is 1.00. The molecular weight excluding hydrogens is 280 g/mol. The molecule has 8 heteroatoms. The molecule has 0 unspecified atom stereocenters. The molecule has 0 aromatic rings. The van der Waals surface area contributed by atoms with Crippen LogP contribution >= 0.6 is 0 Å². The van der Waals surface area contributed by atoms with E-state index in [1.807, 2.05) is 6.92 Å². The number of ether oxygens (including phenoxy) is 1. The van der Waals surface area contributed by atoms with Gasteiger partial charge < -0.3 is 4.74 Å². The van der Waals surface area contributed by atoms with E-state index in [9.17, 15) is 16.8 Å². The van der Waals surface area contributed by atoms with Gasteiger partial charge in [-0.2, -0.15) is 8.42 Å². The molecule has 2 rings (SSSR count). The van der Waals surface area contributed by atoms with Gasteiger partial charge in [-0.25, -0.2) is 8.42 Å². The smallest absolute Gasteiger partial charge is 0.264 e. The van der Waals surface area contributed by atoms with Gasteiger partial charge in [-0.3, -0.25) is 4.18 Å². The van der Waals surface area contributed by atoms with Gasteiger partial charge in [0.25, 0.3) is 10.1 Å². The SMILES string of the molecule is CC1(CS(=O)(=O)C2(COS(C)(=O)=O)CC2)COC1. The molecule has 0 atom stereocenters. The van der Waals surface area contributed by atoms with Gasteiger partial charge in [0, 0.05) is 5.41 Å². The van der Waals surface area contributed by atoms with Crippen LogP contribution in [0.2, 0.25) is 0 Å². The predicted molar refractivity (Wildman–Crippen MR) is 65.5 cm³/mol. The average molecular weight is 298 g/mol. The van der Waals surface area contributed by atoms with E-state index in [-0.39, 0.29) is 17.8 Å². The largest absolute Gasteiger partial charge is 0.380 e. The first-order chi connectivity index (χ1) is 8.08. The first-order valence-corrected chi connectivity index (χ1v) is 9.19. The quantitative estimate of drug-likeness (QED) is 0.639. The topological polar surface area (TPSA) is 86.7 Å². The number of hydrogen-bond donors (Lipinski definition) is 0. The van der Waals surface area contributed by atoms with Gasteiger partial charge in [-0.15, -0.1) is 0 Å². The van der Waals surface area contributed by atoms with Crippen LogP contribution in [0.3, 0.4) is 0 Å². The first kappa shape index (κ1) is 14.2. The molecule has 2 fully saturated rings. The molecule has 106 valence electrons. The first-order valence-electron chi connectivity index (χ1n) is 5.72. The van der Waals surface area contributed by atoms with Crippen LogP contribution in [-0.4, -0.2) is 53.4 Å². The van der Waals surface area contributed by atoms with Crippen LogP contribution in [0.25, 0.3) is 0 Å². The van der Waals surface area contributed by atoms with Crippen LogP contribution in [0.1, 0.15) is 19.8 Å². The number of rotatable bonds is 6. The lowest BCUT2D eigenvalue weighted by atomic mass is 9.92. The summed E-state index contributed by atoms with van der Waals surface area (Å²) in [6, 6.07) is 0. The van der Waals surface area contributed by atoms with Gasteiger partial charge in [-0.05, 0) is 12.8 Å². The second kappa shape index (κ2) is 4.16. The van der Waals surface area contributed by atoms with Crippen molar-refractivity contribution in [2.45, 2.75) is 24.5 Å². The Hall–Kier alpha value is -0.180. The summed E-state index contributed by atoms with van der Waals surface area (Å²) >= 11 is 0. The van der Waals surface area contributed by atoms with Crippen molar-refractivity contribution in [3.63, 3.8) is 0 Å². The lowest BCUT2D eigenvalue weighted by molar-refractivity contribution is -0.0871. The van der Waals surface area contributed by atoms with Gasteiger partial charge in [-0.1, -0.05) is 6.92 Å². The van der Waals surface area contributed by atoms with Crippen molar-refractivity contribution in [3.8, 4) is 0 Å². The summed E-state index contributed by atoms with van der Waals surface area (Å²) in [6.07, 6.45) is 1.88. The predicted octanol–water partition coefficient (Wildman–Crippen LogP) is -0.0535. The van der Waals surface area contributed by atoms with Gasteiger partial charge in [0.05, 0.1) is 36.6 Å². The molecule has 1 saturated heterocycles. The van der Waals surface area contributed by atoms with Crippen LogP contribution in [0.4, 0.5) is 0 Å². The third-order valence-electron chi connectivity index (χ3n) is 3.44. The van der Waals surface area contributed by atoms with E-state index in [0.717, 1.165) is 6.26 Å². The molecule has 0 radical (unpaired) electrons. The van der Waals surface area contributed by atoms with E-state index in [1.54, 1.807) is 0 Å². The minimum atomic E-state index is -3.60. The monoisotopic (exact) mass is 298 g/mol. The Morgan fingerprint density at radius 1 is 1.17 bits per heavy atom. The highest BCUT2D eigenvalue weighted by Gasteiger charge is 2.57. The minimum Gasteiger partial charge on any atom is -0.380 e. The Bertz CT molecular complexity index is 525. The fourth-order valence-electron chi connectivity index (χ4n) is 2.04. The van der Waals surface area contributed by atoms with Gasteiger partial charge in [0.1, 0.15) is 0 Å². The maximum Gasteiger partial charge on any atom is 0.264 e. The van der Waals surface area contributed by atoms with E-state index in [1.165, 1.54) is 0 Å². The molecule has 0 bridgehead atoms. The zero-order chi connectivity index (χ0) is 13.7. The highest BCUT2D eigenvalue weighted by atomic mass is 32.2. The van der Waals surface area contributed by atoms with Crippen molar-refractivity contribution in [2.24, 2.45) is 5.41 Å². The van der Waals surface area contributed by atoms with Crippen molar-refractivity contribution >= 4 is 20.0 Å². The Balaban J connectivity index is 2.05. The molecule has 18 heavy (non-hydrogen) atoms. The Morgan fingerprint density at radius 2 is 1.72 bits per heavy atom. The van der Waals surface area contributed by atoms with Gasteiger partial charge in [0.2, 0.25) is 0 Å². The van der Waals surface area contributed by atoms with Crippen LogP contribution in [-0.2, 0) is 28.9 Å². The highest BCUT2D eigenvalue weighted by molar-refractivity contribution is 7.93. The van der Waals surface area contributed by atoms with E-state index in [0.29, 0.717) is 26.1 Å². The van der Waals surface area contributed by atoms with Crippen molar-refractivity contribution in [2.75, 3.05) is 31.8 Å². The molecule has 1 aliphatic heterocycles. The molecule has 0 aromatic carbocycles. The summed E-state index contributed by atoms with van der Waals surface area (Å²) in [6.45, 7) is 2.48. The molecule has 0 amide bonds. The normalized spacial score (nSPS) is 25.4. The lowest BCUT2D eigenvalue weighted by Crippen LogP contribution is -2.48. The van der Waals surface area contributed by atoms with Crippen molar-refractivity contribution < 1.29 is 25.8 Å². The summed E-state index contributed by atoms with van der Waals surface area (Å²) in [7, 11) is -6.96. The lowest BCUT2D eigenvalue weighted by Gasteiger charge is -2.38. The summed E-state index contributed by atoms with van der Waals surface area (Å²) in [4.78, 5) is 0. The maximum absolute atomic E-state index is 12.3. The molecule has 0 N–H and O–H groups in total. The minimum absolute atomic E-state index is 0.0348. The average Bonchev–Trinajstić information content (AvgIpc) is 2.91. The third kappa shape index (κ3) is 2.87. The van der Waals surface area contributed by atoms with E-state index in [4.69, 9.17) is 4.74 Å². The van der Waals surface area contributed by atoms with Crippen LogP contribution in [0.15, 0.2) is 0 Å². The molecule has 1 saturated carbocycles. The second-order valence-corrected chi connectivity index (χ2v) is 9.74. The molecule has 0 spiro atoms. The van der Waals surface area contributed by atoms with Crippen molar-refractivity contribution in [1.29, 1.82) is 0 Å².